The van der Waals surface area contributed by atoms with E-state index in [1.165, 1.54) is 5.56 Å². The van der Waals surface area contributed by atoms with Crippen LogP contribution in [-0.2, 0) is 15.7 Å². The van der Waals surface area contributed by atoms with Crippen LogP contribution in [0.1, 0.15) is 46.6 Å². The summed E-state index contributed by atoms with van der Waals surface area (Å²) in [5.41, 5.74) is 0.601. The van der Waals surface area contributed by atoms with Gasteiger partial charge in [-0.3, -0.25) is 0 Å². The average molecular weight is 290 g/mol. The minimum absolute atomic E-state index is 0.287. The molecule has 0 aliphatic carbocycles. The van der Waals surface area contributed by atoms with E-state index in [2.05, 4.69) is 12.1 Å². The maximum absolute atomic E-state index is 14.5. The lowest BCUT2D eigenvalue weighted by Crippen LogP contribution is -2.41. The predicted octanol–water partition coefficient (Wildman–Crippen LogP) is 4.49. The van der Waals surface area contributed by atoms with Crippen LogP contribution in [0.3, 0.4) is 0 Å². The standard InChI is InChI=1S/C17H24BFO2/c1-13(11-12-14-9-7-6-8-10-14)15(19)18-20-16(2,3)17(4,5)21-18/h6-10H,11-12H2,1-5H3. The maximum atomic E-state index is 14.5. The normalized spacial score (nSPS) is 21.3. The van der Waals surface area contributed by atoms with E-state index < -0.39 is 18.3 Å². The number of aryl methyl sites for hydroxylation is 1. The number of hydrogen-bond donors (Lipinski definition) is 0. The molecule has 2 nitrogen and oxygen atoms in total. The summed E-state index contributed by atoms with van der Waals surface area (Å²) in [5.74, 6) is 0. The van der Waals surface area contributed by atoms with E-state index in [0.717, 1.165) is 6.42 Å². The molecule has 21 heavy (non-hydrogen) atoms. The van der Waals surface area contributed by atoms with Crippen molar-refractivity contribution in [1.29, 1.82) is 0 Å². The first-order valence-corrected chi connectivity index (χ1v) is 7.48. The van der Waals surface area contributed by atoms with Crippen LogP contribution in [0, 0.1) is 0 Å². The summed E-state index contributed by atoms with van der Waals surface area (Å²) in [6.07, 6.45) is 1.49. The molecule has 0 atom stereocenters. The van der Waals surface area contributed by atoms with Gasteiger partial charge in [0, 0.05) is 0 Å². The van der Waals surface area contributed by atoms with Crippen LogP contribution in [0.2, 0.25) is 0 Å². The van der Waals surface area contributed by atoms with Crippen LogP contribution in [-0.4, -0.2) is 18.3 Å². The Bertz CT molecular complexity index is 507. The second-order valence-electron chi connectivity index (χ2n) is 6.70. The van der Waals surface area contributed by atoms with Crippen molar-refractivity contribution < 1.29 is 13.7 Å². The molecule has 0 bridgehead atoms. The molecule has 1 saturated heterocycles. The molecular weight excluding hydrogens is 266 g/mol. The minimum Gasteiger partial charge on any atom is -0.398 e. The molecule has 0 unspecified atom stereocenters. The fraction of sp³-hybridized carbons (Fsp3) is 0.529. The second kappa shape index (κ2) is 5.94. The van der Waals surface area contributed by atoms with E-state index in [9.17, 15) is 4.39 Å². The van der Waals surface area contributed by atoms with Crippen LogP contribution in [0.15, 0.2) is 41.6 Å². The third-order valence-corrected chi connectivity index (χ3v) is 4.50. The molecule has 0 aromatic heterocycles. The third kappa shape index (κ3) is 3.56. The summed E-state index contributed by atoms with van der Waals surface area (Å²) in [6.45, 7) is 9.53. The number of rotatable bonds is 4. The van der Waals surface area contributed by atoms with Crippen LogP contribution in [0.5, 0.6) is 0 Å². The number of hydrogen-bond acceptors (Lipinski definition) is 2. The lowest BCUT2D eigenvalue weighted by Gasteiger charge is -2.32. The fourth-order valence-electron chi connectivity index (χ4n) is 2.24. The van der Waals surface area contributed by atoms with Gasteiger partial charge < -0.3 is 9.31 Å². The van der Waals surface area contributed by atoms with Gasteiger partial charge in [-0.1, -0.05) is 30.3 Å². The lowest BCUT2D eigenvalue weighted by molar-refractivity contribution is 0.00578. The van der Waals surface area contributed by atoms with Crippen LogP contribution in [0.25, 0.3) is 0 Å². The van der Waals surface area contributed by atoms with E-state index in [1.54, 1.807) is 0 Å². The Morgan fingerprint density at radius 3 is 2.10 bits per heavy atom. The predicted molar refractivity (Wildman–Crippen MR) is 84.7 cm³/mol. The van der Waals surface area contributed by atoms with Gasteiger partial charge in [-0.05, 0) is 58.6 Å². The van der Waals surface area contributed by atoms with Crippen molar-refractivity contribution >= 4 is 7.12 Å². The Balaban J connectivity index is 2.03. The molecule has 0 spiro atoms. The molecule has 0 radical (unpaired) electrons. The fourth-order valence-corrected chi connectivity index (χ4v) is 2.24. The van der Waals surface area contributed by atoms with Crippen LogP contribution >= 0.6 is 0 Å². The summed E-state index contributed by atoms with van der Waals surface area (Å²) < 4.78 is 26.0. The molecule has 0 amide bonds. The summed E-state index contributed by atoms with van der Waals surface area (Å²) in [5, 5.41) is 0. The van der Waals surface area contributed by atoms with Crippen LogP contribution in [0.4, 0.5) is 4.39 Å². The molecule has 1 fully saturated rings. The second-order valence-corrected chi connectivity index (χ2v) is 6.70. The van der Waals surface area contributed by atoms with Gasteiger partial charge in [-0.2, -0.15) is 0 Å². The molecular formula is C17H24BFO2. The number of halogens is 1. The average Bonchev–Trinajstić information content (AvgIpc) is 2.65. The molecule has 0 saturated carbocycles. The highest BCUT2D eigenvalue weighted by molar-refractivity contribution is 6.53. The smallest absolute Gasteiger partial charge is 0.398 e. The molecule has 114 valence electrons. The van der Waals surface area contributed by atoms with Gasteiger partial charge in [-0.15, -0.1) is 0 Å². The molecule has 1 aromatic rings. The summed E-state index contributed by atoms with van der Waals surface area (Å²) in [7, 11) is -0.884. The quantitative estimate of drug-likeness (QED) is 0.760. The van der Waals surface area contributed by atoms with Gasteiger partial charge in [-0.25, -0.2) is 4.39 Å². The SMILES string of the molecule is CC(CCc1ccccc1)=C(F)B1OC(C)(C)C(C)(C)O1. The Labute approximate surface area is 127 Å². The van der Waals surface area contributed by atoms with Gasteiger partial charge in [0.1, 0.15) is 5.73 Å². The van der Waals surface area contributed by atoms with Crippen molar-refractivity contribution in [3.05, 3.63) is 47.2 Å². The highest BCUT2D eigenvalue weighted by atomic mass is 19.1. The van der Waals surface area contributed by atoms with Crippen molar-refractivity contribution in [2.75, 3.05) is 0 Å². The molecule has 2 rings (SSSR count). The van der Waals surface area contributed by atoms with E-state index in [4.69, 9.17) is 9.31 Å². The first kappa shape index (κ1) is 16.2. The van der Waals surface area contributed by atoms with Gasteiger partial charge >= 0.3 is 7.12 Å². The van der Waals surface area contributed by atoms with Gasteiger partial charge in [0.25, 0.3) is 0 Å². The monoisotopic (exact) mass is 290 g/mol. The molecule has 0 N–H and O–H groups in total. The number of allylic oxidation sites excluding steroid dienone is 1. The molecule has 1 heterocycles. The highest BCUT2D eigenvalue weighted by Gasteiger charge is 2.53. The minimum atomic E-state index is -0.884. The first-order chi connectivity index (χ1) is 9.73. The van der Waals surface area contributed by atoms with E-state index in [1.807, 2.05) is 52.8 Å². The summed E-state index contributed by atoms with van der Waals surface area (Å²) >= 11 is 0. The van der Waals surface area contributed by atoms with Crippen molar-refractivity contribution in [2.45, 2.75) is 58.7 Å². The van der Waals surface area contributed by atoms with E-state index in [0.29, 0.717) is 12.0 Å². The first-order valence-electron chi connectivity index (χ1n) is 7.48. The van der Waals surface area contributed by atoms with Crippen molar-refractivity contribution in [3.8, 4) is 0 Å². The third-order valence-electron chi connectivity index (χ3n) is 4.50. The van der Waals surface area contributed by atoms with Gasteiger partial charge in [0.15, 0.2) is 0 Å². The lowest BCUT2D eigenvalue weighted by atomic mass is 9.83. The molecule has 1 aromatic carbocycles. The van der Waals surface area contributed by atoms with E-state index in [-0.39, 0.29) is 5.73 Å². The zero-order chi connectivity index (χ0) is 15.7. The summed E-state index contributed by atoms with van der Waals surface area (Å²) in [4.78, 5) is 0. The topological polar surface area (TPSA) is 18.5 Å². The largest absolute Gasteiger partial charge is 0.525 e. The van der Waals surface area contributed by atoms with Gasteiger partial charge in [0.05, 0.1) is 11.2 Å². The Morgan fingerprint density at radius 2 is 1.57 bits per heavy atom. The zero-order valence-corrected chi connectivity index (χ0v) is 13.6. The highest BCUT2D eigenvalue weighted by Crippen LogP contribution is 2.39. The molecule has 4 heteroatoms. The molecule has 1 aliphatic heterocycles. The Hall–Kier alpha value is -1.13. The van der Waals surface area contributed by atoms with Crippen molar-refractivity contribution in [3.63, 3.8) is 0 Å². The van der Waals surface area contributed by atoms with Gasteiger partial charge in [0.2, 0.25) is 0 Å². The Kier molecular flexibility index (Phi) is 4.59. The van der Waals surface area contributed by atoms with E-state index >= 15 is 0 Å². The summed E-state index contributed by atoms with van der Waals surface area (Å²) in [6, 6.07) is 10.1. The number of benzene rings is 1. The van der Waals surface area contributed by atoms with Crippen LogP contribution < -0.4 is 0 Å². The Morgan fingerprint density at radius 1 is 1.05 bits per heavy atom. The zero-order valence-electron chi connectivity index (χ0n) is 13.6. The molecule has 1 aliphatic rings. The van der Waals surface area contributed by atoms with Crippen molar-refractivity contribution in [2.24, 2.45) is 0 Å². The maximum Gasteiger partial charge on any atom is 0.525 e. The van der Waals surface area contributed by atoms with Crippen molar-refractivity contribution in [1.82, 2.24) is 0 Å².